The lowest BCUT2D eigenvalue weighted by Gasteiger charge is -2.34. The number of carbonyl (C=O) groups is 2. The van der Waals surface area contributed by atoms with Crippen LogP contribution in [0.4, 0.5) is 0 Å². The molecule has 0 radical (unpaired) electrons. The molecular formula is C20H22N6O2. The second-order valence-electron chi connectivity index (χ2n) is 6.86. The van der Waals surface area contributed by atoms with E-state index >= 15 is 0 Å². The highest BCUT2D eigenvalue weighted by Crippen LogP contribution is 2.14. The smallest absolute Gasteiger partial charge is 0.254 e. The van der Waals surface area contributed by atoms with Gasteiger partial charge in [-0.3, -0.25) is 14.5 Å². The molecule has 0 spiro atoms. The van der Waals surface area contributed by atoms with Crippen molar-refractivity contribution in [3.05, 3.63) is 59.7 Å². The third-order valence-electron chi connectivity index (χ3n) is 4.92. The van der Waals surface area contributed by atoms with E-state index in [1.165, 1.54) is 0 Å². The number of rotatable bonds is 5. The summed E-state index contributed by atoms with van der Waals surface area (Å²) in [6.45, 7) is 3.43. The lowest BCUT2D eigenvalue weighted by Crippen LogP contribution is -2.51. The van der Waals surface area contributed by atoms with E-state index in [1.54, 1.807) is 18.2 Å². The summed E-state index contributed by atoms with van der Waals surface area (Å²) in [4.78, 5) is 28.8. The molecule has 1 fully saturated rings. The molecular weight excluding hydrogens is 356 g/mol. The first kappa shape index (κ1) is 18.1. The number of fused-ring (bicyclic) bond motifs is 1. The monoisotopic (exact) mass is 378 g/mol. The predicted molar refractivity (Wildman–Crippen MR) is 105 cm³/mol. The van der Waals surface area contributed by atoms with Crippen molar-refractivity contribution in [1.29, 1.82) is 0 Å². The van der Waals surface area contributed by atoms with Crippen molar-refractivity contribution < 1.29 is 9.59 Å². The van der Waals surface area contributed by atoms with Gasteiger partial charge >= 0.3 is 0 Å². The molecule has 3 aromatic rings. The third kappa shape index (κ3) is 4.17. The number of hydrogen-bond acceptors (Lipinski definition) is 5. The van der Waals surface area contributed by atoms with E-state index in [2.05, 4.69) is 25.6 Å². The second kappa shape index (κ2) is 8.18. The van der Waals surface area contributed by atoms with E-state index in [0.717, 1.165) is 11.1 Å². The fraction of sp³-hybridized carbons (Fsp3) is 0.300. The summed E-state index contributed by atoms with van der Waals surface area (Å²) >= 11 is 0. The summed E-state index contributed by atoms with van der Waals surface area (Å²) in [7, 11) is 0. The van der Waals surface area contributed by atoms with Gasteiger partial charge in [0, 0.05) is 38.3 Å². The highest BCUT2D eigenvalue weighted by molar-refractivity contribution is 5.97. The van der Waals surface area contributed by atoms with Crippen LogP contribution in [0.25, 0.3) is 11.0 Å². The Labute approximate surface area is 162 Å². The summed E-state index contributed by atoms with van der Waals surface area (Å²) in [6.07, 6.45) is 0. The number of benzene rings is 2. The van der Waals surface area contributed by atoms with Crippen LogP contribution >= 0.6 is 0 Å². The van der Waals surface area contributed by atoms with Gasteiger partial charge in [0.2, 0.25) is 5.91 Å². The molecule has 144 valence electrons. The maximum atomic E-state index is 12.7. The largest absolute Gasteiger partial charge is 0.351 e. The normalized spacial score (nSPS) is 14.9. The number of carbonyl (C=O) groups excluding carboxylic acids is 2. The van der Waals surface area contributed by atoms with Crippen molar-refractivity contribution in [2.24, 2.45) is 0 Å². The van der Waals surface area contributed by atoms with Crippen LogP contribution in [-0.4, -0.2) is 69.7 Å². The Balaban J connectivity index is 1.25. The number of aromatic nitrogens is 3. The zero-order chi connectivity index (χ0) is 19.3. The van der Waals surface area contributed by atoms with Gasteiger partial charge in [-0.2, -0.15) is 15.4 Å². The fourth-order valence-electron chi connectivity index (χ4n) is 3.32. The van der Waals surface area contributed by atoms with E-state index in [1.807, 2.05) is 35.2 Å². The lowest BCUT2D eigenvalue weighted by atomic mass is 10.1. The SMILES string of the molecule is O=C(CN1CCN(C(=O)c2ccc3n[nH]nc3c2)CC1)NCc1ccccc1. The van der Waals surface area contributed by atoms with Gasteiger partial charge in [-0.15, -0.1) is 0 Å². The Morgan fingerprint density at radius 2 is 1.71 bits per heavy atom. The Kier molecular flexibility index (Phi) is 5.29. The summed E-state index contributed by atoms with van der Waals surface area (Å²) in [5, 5.41) is 13.5. The molecule has 1 saturated heterocycles. The van der Waals surface area contributed by atoms with Crippen molar-refractivity contribution >= 4 is 22.8 Å². The molecule has 1 aliphatic rings. The van der Waals surface area contributed by atoms with E-state index in [9.17, 15) is 9.59 Å². The number of H-pyrrole nitrogens is 1. The number of nitrogens with one attached hydrogen (secondary N) is 2. The highest BCUT2D eigenvalue weighted by Gasteiger charge is 2.23. The molecule has 0 bridgehead atoms. The van der Waals surface area contributed by atoms with Crippen LogP contribution in [0.15, 0.2) is 48.5 Å². The summed E-state index contributed by atoms with van der Waals surface area (Å²) in [5.41, 5.74) is 3.10. The molecule has 0 aliphatic carbocycles. The van der Waals surface area contributed by atoms with E-state index in [4.69, 9.17) is 0 Å². The maximum Gasteiger partial charge on any atom is 0.254 e. The molecule has 2 N–H and O–H groups in total. The van der Waals surface area contributed by atoms with Gasteiger partial charge in [-0.25, -0.2) is 0 Å². The first-order valence-corrected chi connectivity index (χ1v) is 9.32. The zero-order valence-corrected chi connectivity index (χ0v) is 15.5. The Hall–Kier alpha value is -3.26. The number of amides is 2. The van der Waals surface area contributed by atoms with Crippen molar-refractivity contribution in [3.8, 4) is 0 Å². The molecule has 0 saturated carbocycles. The van der Waals surface area contributed by atoms with Gasteiger partial charge in [-0.1, -0.05) is 30.3 Å². The van der Waals surface area contributed by atoms with E-state index < -0.39 is 0 Å². The lowest BCUT2D eigenvalue weighted by molar-refractivity contribution is -0.122. The first-order valence-electron chi connectivity index (χ1n) is 9.32. The van der Waals surface area contributed by atoms with Crippen molar-refractivity contribution in [3.63, 3.8) is 0 Å². The highest BCUT2D eigenvalue weighted by atomic mass is 16.2. The second-order valence-corrected chi connectivity index (χ2v) is 6.86. The molecule has 2 heterocycles. The van der Waals surface area contributed by atoms with Gasteiger partial charge in [0.05, 0.1) is 6.54 Å². The number of piperazine rings is 1. The van der Waals surface area contributed by atoms with E-state index in [-0.39, 0.29) is 11.8 Å². The number of nitrogens with zero attached hydrogens (tertiary/aromatic N) is 4. The minimum absolute atomic E-state index is 0.000105. The van der Waals surface area contributed by atoms with E-state index in [0.29, 0.717) is 50.3 Å². The van der Waals surface area contributed by atoms with Gasteiger partial charge < -0.3 is 10.2 Å². The van der Waals surface area contributed by atoms with Crippen molar-refractivity contribution in [1.82, 2.24) is 30.5 Å². The molecule has 28 heavy (non-hydrogen) atoms. The van der Waals surface area contributed by atoms with Crippen LogP contribution in [0.5, 0.6) is 0 Å². The first-order chi connectivity index (χ1) is 13.7. The average molecular weight is 378 g/mol. The van der Waals surface area contributed by atoms with Crippen LogP contribution in [0, 0.1) is 0 Å². The number of aromatic amines is 1. The summed E-state index contributed by atoms with van der Waals surface area (Å²) < 4.78 is 0. The van der Waals surface area contributed by atoms with Gasteiger partial charge in [0.1, 0.15) is 11.0 Å². The minimum atomic E-state index is -0.0157. The predicted octanol–water partition coefficient (Wildman–Crippen LogP) is 1.03. The quantitative estimate of drug-likeness (QED) is 0.692. The van der Waals surface area contributed by atoms with Crippen molar-refractivity contribution in [2.75, 3.05) is 32.7 Å². The van der Waals surface area contributed by atoms with Gasteiger partial charge in [-0.05, 0) is 23.8 Å². The number of hydrogen-bond donors (Lipinski definition) is 2. The standard InChI is InChI=1S/C20H22N6O2/c27-19(21-13-15-4-2-1-3-5-15)14-25-8-10-26(11-9-25)20(28)16-6-7-17-18(12-16)23-24-22-17/h1-7,12H,8-11,13-14H2,(H,21,27)(H,22,23,24). The van der Waals surface area contributed by atoms with Crippen LogP contribution in [-0.2, 0) is 11.3 Å². The third-order valence-corrected chi connectivity index (χ3v) is 4.92. The van der Waals surface area contributed by atoms with Gasteiger partial charge in [0.15, 0.2) is 0 Å². The van der Waals surface area contributed by atoms with Crippen molar-refractivity contribution in [2.45, 2.75) is 6.54 Å². The van der Waals surface area contributed by atoms with Crippen LogP contribution < -0.4 is 5.32 Å². The molecule has 0 atom stereocenters. The Bertz CT molecular complexity index is 963. The average Bonchev–Trinajstić information content (AvgIpc) is 3.21. The molecule has 8 nitrogen and oxygen atoms in total. The van der Waals surface area contributed by atoms with Crippen LogP contribution in [0.1, 0.15) is 15.9 Å². The maximum absolute atomic E-state index is 12.7. The molecule has 0 unspecified atom stereocenters. The topological polar surface area (TPSA) is 94.2 Å². The Morgan fingerprint density at radius 3 is 2.50 bits per heavy atom. The molecule has 2 amide bonds. The minimum Gasteiger partial charge on any atom is -0.351 e. The molecule has 1 aromatic heterocycles. The summed E-state index contributed by atoms with van der Waals surface area (Å²) in [5.74, 6) is -0.0156. The molecule has 8 heteroatoms. The summed E-state index contributed by atoms with van der Waals surface area (Å²) in [6, 6.07) is 15.2. The molecule has 2 aromatic carbocycles. The Morgan fingerprint density at radius 1 is 0.964 bits per heavy atom. The fourth-order valence-corrected chi connectivity index (χ4v) is 3.32. The molecule has 1 aliphatic heterocycles. The van der Waals surface area contributed by atoms with Crippen LogP contribution in [0.2, 0.25) is 0 Å². The van der Waals surface area contributed by atoms with Crippen LogP contribution in [0.3, 0.4) is 0 Å². The zero-order valence-electron chi connectivity index (χ0n) is 15.5. The molecule has 4 rings (SSSR count). The van der Waals surface area contributed by atoms with Gasteiger partial charge in [0.25, 0.3) is 5.91 Å².